The number of hydrogen-bond donors (Lipinski definition) is 0. The molecule has 1 aromatic heterocycles. The second kappa shape index (κ2) is 4.62. The molecule has 0 aliphatic rings. The predicted molar refractivity (Wildman–Crippen MR) is 55.0 cm³/mol. The van der Waals surface area contributed by atoms with Crippen molar-refractivity contribution < 1.29 is 4.74 Å². The van der Waals surface area contributed by atoms with Crippen LogP contribution in [-0.4, -0.2) is 42.4 Å². The van der Waals surface area contributed by atoms with Gasteiger partial charge in [0.15, 0.2) is 5.75 Å². The standard InChI is InChI=1S/C8H14BrN3O/c1-11(2)4-5-12-8(9)7(13-3)6-10-12/h6H,4-5H2,1-3H3. The van der Waals surface area contributed by atoms with Crippen LogP contribution in [0.25, 0.3) is 0 Å². The minimum Gasteiger partial charge on any atom is -0.492 e. The molecule has 0 fully saturated rings. The third kappa shape index (κ3) is 2.70. The maximum absolute atomic E-state index is 5.09. The van der Waals surface area contributed by atoms with E-state index >= 15 is 0 Å². The van der Waals surface area contributed by atoms with Gasteiger partial charge in [-0.3, -0.25) is 4.68 Å². The van der Waals surface area contributed by atoms with Crippen molar-refractivity contribution in [3.8, 4) is 5.75 Å². The van der Waals surface area contributed by atoms with Crippen LogP contribution in [0.2, 0.25) is 0 Å². The zero-order valence-corrected chi connectivity index (χ0v) is 9.71. The zero-order chi connectivity index (χ0) is 9.84. The van der Waals surface area contributed by atoms with E-state index in [-0.39, 0.29) is 0 Å². The Balaban J connectivity index is 2.62. The summed E-state index contributed by atoms with van der Waals surface area (Å²) in [5.41, 5.74) is 0. The molecular formula is C8H14BrN3O. The summed E-state index contributed by atoms with van der Waals surface area (Å²) in [5.74, 6) is 0.777. The lowest BCUT2D eigenvalue weighted by atomic mass is 10.6. The smallest absolute Gasteiger partial charge is 0.171 e. The lowest BCUT2D eigenvalue weighted by molar-refractivity contribution is 0.368. The quantitative estimate of drug-likeness (QED) is 0.802. The van der Waals surface area contributed by atoms with E-state index in [2.05, 4.69) is 25.9 Å². The van der Waals surface area contributed by atoms with Gasteiger partial charge in [-0.2, -0.15) is 5.10 Å². The van der Waals surface area contributed by atoms with Gasteiger partial charge in [-0.15, -0.1) is 0 Å². The number of ether oxygens (including phenoxy) is 1. The average Bonchev–Trinajstić information content (AvgIpc) is 2.43. The molecule has 0 aliphatic carbocycles. The minimum absolute atomic E-state index is 0.777. The van der Waals surface area contributed by atoms with Gasteiger partial charge in [-0.25, -0.2) is 0 Å². The van der Waals surface area contributed by atoms with Gasteiger partial charge in [0.1, 0.15) is 4.60 Å². The van der Waals surface area contributed by atoms with Gasteiger partial charge in [0.2, 0.25) is 0 Å². The largest absolute Gasteiger partial charge is 0.492 e. The van der Waals surface area contributed by atoms with Crippen molar-refractivity contribution in [1.29, 1.82) is 0 Å². The monoisotopic (exact) mass is 247 g/mol. The summed E-state index contributed by atoms with van der Waals surface area (Å²) >= 11 is 3.42. The van der Waals surface area contributed by atoms with Gasteiger partial charge in [0.05, 0.1) is 19.9 Å². The van der Waals surface area contributed by atoms with Crippen LogP contribution in [0.15, 0.2) is 10.8 Å². The topological polar surface area (TPSA) is 30.3 Å². The summed E-state index contributed by atoms with van der Waals surface area (Å²) in [7, 11) is 5.71. The molecule has 0 unspecified atom stereocenters. The molecule has 0 spiro atoms. The summed E-state index contributed by atoms with van der Waals surface area (Å²) in [5, 5.41) is 4.18. The summed E-state index contributed by atoms with van der Waals surface area (Å²) in [6.07, 6.45) is 1.71. The lowest BCUT2D eigenvalue weighted by Crippen LogP contribution is -2.19. The highest BCUT2D eigenvalue weighted by molar-refractivity contribution is 9.10. The number of aromatic nitrogens is 2. The number of halogens is 1. The Bertz CT molecular complexity index is 272. The summed E-state index contributed by atoms with van der Waals surface area (Å²) < 4.78 is 7.86. The Morgan fingerprint density at radius 3 is 2.77 bits per heavy atom. The molecule has 4 nitrogen and oxygen atoms in total. The normalized spacial score (nSPS) is 10.8. The van der Waals surface area contributed by atoms with E-state index in [1.54, 1.807) is 13.3 Å². The highest BCUT2D eigenvalue weighted by Gasteiger charge is 2.07. The number of rotatable bonds is 4. The molecule has 0 saturated heterocycles. The fourth-order valence-electron chi connectivity index (χ4n) is 0.941. The van der Waals surface area contributed by atoms with E-state index in [1.807, 2.05) is 18.8 Å². The lowest BCUT2D eigenvalue weighted by Gasteiger charge is -2.09. The van der Waals surface area contributed by atoms with E-state index < -0.39 is 0 Å². The van der Waals surface area contributed by atoms with Gasteiger partial charge in [-0.1, -0.05) is 0 Å². The molecule has 0 saturated carbocycles. The molecule has 0 atom stereocenters. The molecule has 0 amide bonds. The molecule has 0 bridgehead atoms. The van der Waals surface area contributed by atoms with Crippen LogP contribution in [-0.2, 0) is 6.54 Å². The molecule has 0 aliphatic heterocycles. The van der Waals surface area contributed by atoms with Crippen LogP contribution in [0.5, 0.6) is 5.75 Å². The number of methoxy groups -OCH3 is 1. The van der Waals surface area contributed by atoms with Gasteiger partial charge < -0.3 is 9.64 Å². The van der Waals surface area contributed by atoms with Crippen molar-refractivity contribution in [2.75, 3.05) is 27.7 Å². The molecule has 1 rings (SSSR count). The molecule has 0 radical (unpaired) electrons. The van der Waals surface area contributed by atoms with Crippen LogP contribution in [0.3, 0.4) is 0 Å². The summed E-state index contributed by atoms with van der Waals surface area (Å²) in [6, 6.07) is 0. The van der Waals surface area contributed by atoms with E-state index in [1.165, 1.54) is 0 Å². The van der Waals surface area contributed by atoms with Crippen molar-refractivity contribution in [3.05, 3.63) is 10.8 Å². The van der Waals surface area contributed by atoms with Crippen LogP contribution in [0.4, 0.5) is 0 Å². The zero-order valence-electron chi connectivity index (χ0n) is 8.12. The number of hydrogen-bond acceptors (Lipinski definition) is 3. The SMILES string of the molecule is COc1cnn(CCN(C)C)c1Br. The fourth-order valence-corrected chi connectivity index (χ4v) is 1.47. The van der Waals surface area contributed by atoms with Crippen molar-refractivity contribution >= 4 is 15.9 Å². The van der Waals surface area contributed by atoms with E-state index in [0.29, 0.717) is 0 Å². The van der Waals surface area contributed by atoms with Gasteiger partial charge >= 0.3 is 0 Å². The van der Waals surface area contributed by atoms with Crippen LogP contribution >= 0.6 is 15.9 Å². The second-order valence-electron chi connectivity index (χ2n) is 3.03. The predicted octanol–water partition coefficient (Wildman–Crippen LogP) is 1.22. The minimum atomic E-state index is 0.777. The highest BCUT2D eigenvalue weighted by atomic mass is 79.9. The number of likely N-dealkylation sites (N-methyl/N-ethyl adjacent to an activating group) is 1. The Hall–Kier alpha value is -0.550. The van der Waals surface area contributed by atoms with Gasteiger partial charge in [-0.05, 0) is 30.0 Å². The molecule has 0 aromatic carbocycles. The molecule has 5 heteroatoms. The number of nitrogens with zero attached hydrogens (tertiary/aromatic N) is 3. The molecule has 13 heavy (non-hydrogen) atoms. The Morgan fingerprint density at radius 1 is 1.62 bits per heavy atom. The molecule has 1 heterocycles. The fraction of sp³-hybridized carbons (Fsp3) is 0.625. The van der Waals surface area contributed by atoms with Crippen LogP contribution in [0, 0.1) is 0 Å². The van der Waals surface area contributed by atoms with Crippen molar-refractivity contribution in [2.45, 2.75) is 6.54 Å². The van der Waals surface area contributed by atoms with Crippen molar-refractivity contribution in [1.82, 2.24) is 14.7 Å². The first-order valence-electron chi connectivity index (χ1n) is 4.05. The molecule has 74 valence electrons. The third-order valence-electron chi connectivity index (χ3n) is 1.72. The molecule has 0 N–H and O–H groups in total. The van der Waals surface area contributed by atoms with Gasteiger partial charge in [0, 0.05) is 6.54 Å². The Morgan fingerprint density at radius 2 is 2.31 bits per heavy atom. The molecule has 1 aromatic rings. The van der Waals surface area contributed by atoms with E-state index in [0.717, 1.165) is 23.4 Å². The third-order valence-corrected chi connectivity index (χ3v) is 2.52. The first-order chi connectivity index (χ1) is 6.15. The van der Waals surface area contributed by atoms with E-state index in [9.17, 15) is 0 Å². The first kappa shape index (κ1) is 10.5. The maximum atomic E-state index is 5.09. The van der Waals surface area contributed by atoms with Crippen LogP contribution in [0.1, 0.15) is 0 Å². The first-order valence-corrected chi connectivity index (χ1v) is 4.84. The van der Waals surface area contributed by atoms with Crippen LogP contribution < -0.4 is 4.74 Å². The van der Waals surface area contributed by atoms with E-state index in [4.69, 9.17) is 4.74 Å². The maximum Gasteiger partial charge on any atom is 0.171 e. The molecular weight excluding hydrogens is 234 g/mol. The average molecular weight is 248 g/mol. The van der Waals surface area contributed by atoms with Crippen molar-refractivity contribution in [2.24, 2.45) is 0 Å². The second-order valence-corrected chi connectivity index (χ2v) is 3.78. The Kier molecular flexibility index (Phi) is 3.74. The van der Waals surface area contributed by atoms with Crippen molar-refractivity contribution in [3.63, 3.8) is 0 Å². The summed E-state index contributed by atoms with van der Waals surface area (Å²) in [6.45, 7) is 1.82. The Labute approximate surface area is 86.6 Å². The van der Waals surface area contributed by atoms with Gasteiger partial charge in [0.25, 0.3) is 0 Å². The summed E-state index contributed by atoms with van der Waals surface area (Å²) in [4.78, 5) is 2.11. The highest BCUT2D eigenvalue weighted by Crippen LogP contribution is 2.23.